The number of furan rings is 1. The fraction of sp³-hybridized carbons (Fsp3) is 0.667. The quantitative estimate of drug-likeness (QED) is 0.767. The van der Waals surface area contributed by atoms with Crippen molar-refractivity contribution in [2.45, 2.75) is 30.7 Å². The van der Waals surface area contributed by atoms with Crippen LogP contribution in [0.2, 0.25) is 0 Å². The van der Waals surface area contributed by atoms with Gasteiger partial charge in [-0.25, -0.2) is 8.42 Å². The zero-order chi connectivity index (χ0) is 19.1. The molecule has 12 heteroatoms. The number of hydrogen-bond acceptors (Lipinski definition) is 5. The molecule has 154 valence electrons. The molecular weight excluding hydrogens is 413 g/mol. The lowest BCUT2D eigenvalue weighted by atomic mass is 9.96. The molecule has 0 bridgehead atoms. The molecule has 2 aliphatic heterocycles. The number of aliphatic carboxylic acids is 1. The van der Waals surface area contributed by atoms with E-state index in [9.17, 15) is 26.4 Å². The molecule has 2 saturated heterocycles. The van der Waals surface area contributed by atoms with E-state index < -0.39 is 40.5 Å². The van der Waals surface area contributed by atoms with Crippen LogP contribution in [0, 0.1) is 11.8 Å². The Morgan fingerprint density at radius 2 is 1.85 bits per heavy atom. The number of carboxylic acid groups (broad SMARTS) is 1. The first-order chi connectivity index (χ1) is 12.1. The smallest absolute Gasteiger partial charge is 0.393 e. The van der Waals surface area contributed by atoms with E-state index in [2.05, 4.69) is 0 Å². The van der Waals surface area contributed by atoms with E-state index in [0.29, 0.717) is 13.1 Å². The number of likely N-dealkylation sites (tertiary alicyclic amines) is 1. The normalized spacial score (nSPS) is 24.9. The molecule has 0 unspecified atom stereocenters. The van der Waals surface area contributed by atoms with Crippen molar-refractivity contribution in [2.24, 2.45) is 11.8 Å². The van der Waals surface area contributed by atoms with Crippen molar-refractivity contribution < 1.29 is 35.9 Å². The molecule has 1 aromatic heterocycles. The summed E-state index contributed by atoms with van der Waals surface area (Å²) in [5.74, 6) is -4.80. The molecule has 0 radical (unpaired) electrons. The second-order valence-electron chi connectivity index (χ2n) is 6.62. The third-order valence-corrected chi connectivity index (χ3v) is 6.58. The average molecular weight is 433 g/mol. The first-order valence-electron chi connectivity index (χ1n) is 8.20. The number of nitrogens with zero attached hydrogens (tertiary/aromatic N) is 2. The van der Waals surface area contributed by atoms with Gasteiger partial charge in [0.05, 0.1) is 18.4 Å². The van der Waals surface area contributed by atoms with Gasteiger partial charge in [-0.2, -0.15) is 17.5 Å². The van der Waals surface area contributed by atoms with Gasteiger partial charge in [0, 0.05) is 26.2 Å². The highest BCUT2D eigenvalue weighted by molar-refractivity contribution is 7.89. The zero-order valence-electron chi connectivity index (χ0n) is 14.2. The van der Waals surface area contributed by atoms with Crippen LogP contribution in [0.4, 0.5) is 13.2 Å². The van der Waals surface area contributed by atoms with Crippen molar-refractivity contribution in [3.8, 4) is 0 Å². The molecule has 0 spiro atoms. The van der Waals surface area contributed by atoms with Crippen molar-refractivity contribution in [1.29, 1.82) is 0 Å². The number of carbonyl (C=O) groups is 1. The minimum absolute atomic E-state index is 0. The van der Waals surface area contributed by atoms with Crippen LogP contribution in [-0.4, -0.2) is 61.1 Å². The molecule has 3 rings (SSSR count). The molecule has 0 aliphatic carbocycles. The van der Waals surface area contributed by atoms with E-state index in [1.165, 1.54) is 21.3 Å². The Morgan fingerprint density at radius 3 is 2.37 bits per heavy atom. The van der Waals surface area contributed by atoms with E-state index >= 15 is 0 Å². The summed E-state index contributed by atoms with van der Waals surface area (Å²) in [5, 5.41) is 8.79. The van der Waals surface area contributed by atoms with Gasteiger partial charge >= 0.3 is 12.1 Å². The van der Waals surface area contributed by atoms with Gasteiger partial charge in [-0.3, -0.25) is 9.69 Å². The third-order valence-electron chi connectivity index (χ3n) is 4.81. The molecule has 2 atom stereocenters. The van der Waals surface area contributed by atoms with Crippen LogP contribution in [0.25, 0.3) is 0 Å². The molecule has 2 fully saturated rings. The number of halogens is 4. The summed E-state index contributed by atoms with van der Waals surface area (Å²) < 4.78 is 70.5. The van der Waals surface area contributed by atoms with E-state index in [1.54, 1.807) is 0 Å². The second kappa shape index (κ2) is 7.98. The Hall–Kier alpha value is -1.30. The van der Waals surface area contributed by atoms with Crippen molar-refractivity contribution in [3.63, 3.8) is 0 Å². The van der Waals surface area contributed by atoms with Crippen LogP contribution in [0.15, 0.2) is 21.6 Å². The van der Waals surface area contributed by atoms with E-state index in [4.69, 9.17) is 9.52 Å². The predicted octanol–water partition coefficient (Wildman–Crippen LogP) is 2.18. The molecule has 1 aromatic rings. The summed E-state index contributed by atoms with van der Waals surface area (Å²) >= 11 is 0. The van der Waals surface area contributed by atoms with Gasteiger partial charge in [0.15, 0.2) is 0 Å². The molecule has 1 N–H and O–H groups in total. The van der Waals surface area contributed by atoms with Crippen LogP contribution < -0.4 is 0 Å². The molecule has 2 aliphatic rings. The van der Waals surface area contributed by atoms with Crippen LogP contribution >= 0.6 is 12.4 Å². The van der Waals surface area contributed by atoms with Crippen LogP contribution in [0.3, 0.4) is 0 Å². The zero-order valence-corrected chi connectivity index (χ0v) is 15.8. The van der Waals surface area contributed by atoms with Crippen LogP contribution in [-0.2, 0) is 21.4 Å². The molecule has 7 nitrogen and oxygen atoms in total. The predicted molar refractivity (Wildman–Crippen MR) is 89.9 cm³/mol. The summed E-state index contributed by atoms with van der Waals surface area (Å²) in [6.45, 7) is 0.0196. The fourth-order valence-electron chi connectivity index (χ4n) is 3.45. The Labute approximate surface area is 160 Å². The van der Waals surface area contributed by atoms with Gasteiger partial charge in [0.1, 0.15) is 5.76 Å². The van der Waals surface area contributed by atoms with E-state index in [-0.39, 0.29) is 36.3 Å². The summed E-state index contributed by atoms with van der Waals surface area (Å²) in [5.41, 5.74) is 0. The van der Waals surface area contributed by atoms with E-state index in [0.717, 1.165) is 12.8 Å². The minimum Gasteiger partial charge on any atom is -0.481 e. The highest BCUT2D eigenvalue weighted by Gasteiger charge is 2.52. The lowest BCUT2D eigenvalue weighted by Crippen LogP contribution is -2.33. The number of hydrogen-bond donors (Lipinski definition) is 1. The Balaban J connectivity index is 0.00000261. The first kappa shape index (κ1) is 22.0. The van der Waals surface area contributed by atoms with Crippen molar-refractivity contribution in [2.75, 3.05) is 26.2 Å². The maximum atomic E-state index is 13.0. The Bertz CT molecular complexity index is 777. The average Bonchev–Trinajstić information content (AvgIpc) is 3.27. The largest absolute Gasteiger partial charge is 0.481 e. The maximum absolute atomic E-state index is 13.0. The SMILES string of the molecule is Cl.O=C(O)[C@@H]1CN(Cc2ccc(S(=O)(=O)N3CCCC3)o2)C[C@H]1C(F)(F)F. The molecule has 0 aromatic carbocycles. The summed E-state index contributed by atoms with van der Waals surface area (Å²) in [7, 11) is -3.74. The monoisotopic (exact) mass is 432 g/mol. The van der Waals surface area contributed by atoms with Gasteiger partial charge in [-0.05, 0) is 25.0 Å². The summed E-state index contributed by atoms with van der Waals surface area (Å²) in [6, 6.07) is 2.69. The lowest BCUT2D eigenvalue weighted by molar-refractivity contribution is -0.188. The maximum Gasteiger partial charge on any atom is 0.393 e. The fourth-order valence-corrected chi connectivity index (χ4v) is 4.90. The molecule has 0 amide bonds. The topological polar surface area (TPSA) is 91.1 Å². The second-order valence-corrected chi connectivity index (χ2v) is 8.49. The van der Waals surface area contributed by atoms with E-state index in [1.807, 2.05) is 0 Å². The van der Waals surface area contributed by atoms with Gasteiger partial charge in [0.2, 0.25) is 5.09 Å². The molecule has 27 heavy (non-hydrogen) atoms. The number of carboxylic acids is 1. The summed E-state index contributed by atoms with van der Waals surface area (Å²) in [6.07, 6.45) is -3.06. The minimum atomic E-state index is -4.61. The van der Waals surface area contributed by atoms with Crippen LogP contribution in [0.5, 0.6) is 0 Å². The standard InChI is InChI=1S/C15H19F3N2O5S.ClH/c16-15(17,18)12-9-19(8-11(12)14(21)22)7-10-3-4-13(25-10)26(23,24)20-5-1-2-6-20;/h3-4,11-12H,1-2,5-9H2,(H,21,22);1H/t11-,12-;/m1./s1. The third kappa shape index (κ3) is 4.58. The van der Waals surface area contributed by atoms with Crippen molar-refractivity contribution in [1.82, 2.24) is 9.21 Å². The van der Waals surface area contributed by atoms with Crippen molar-refractivity contribution >= 4 is 28.4 Å². The van der Waals surface area contributed by atoms with Crippen molar-refractivity contribution in [3.05, 3.63) is 17.9 Å². The Kier molecular flexibility index (Phi) is 6.50. The molecule has 3 heterocycles. The number of alkyl halides is 3. The van der Waals surface area contributed by atoms with Crippen LogP contribution in [0.1, 0.15) is 18.6 Å². The summed E-state index contributed by atoms with van der Waals surface area (Å²) in [4.78, 5) is 12.4. The van der Waals surface area contributed by atoms with Gasteiger partial charge in [-0.15, -0.1) is 12.4 Å². The molecule has 0 saturated carbocycles. The highest BCUT2D eigenvalue weighted by atomic mass is 35.5. The first-order valence-corrected chi connectivity index (χ1v) is 9.64. The number of sulfonamides is 1. The molecular formula is C15H20ClF3N2O5S. The lowest BCUT2D eigenvalue weighted by Gasteiger charge is -2.18. The number of rotatable bonds is 5. The van der Waals surface area contributed by atoms with Gasteiger partial charge < -0.3 is 9.52 Å². The van der Waals surface area contributed by atoms with Gasteiger partial charge in [0.25, 0.3) is 10.0 Å². The highest BCUT2D eigenvalue weighted by Crippen LogP contribution is 2.38. The Morgan fingerprint density at radius 1 is 1.22 bits per heavy atom. The van der Waals surface area contributed by atoms with Gasteiger partial charge in [-0.1, -0.05) is 0 Å².